The zero-order valence-corrected chi connectivity index (χ0v) is 9.01. The molecule has 0 aromatic heterocycles. The summed E-state index contributed by atoms with van der Waals surface area (Å²) < 4.78 is 0. The van der Waals surface area contributed by atoms with E-state index in [1.165, 1.54) is 16.7 Å². The van der Waals surface area contributed by atoms with E-state index in [1.807, 2.05) is 6.08 Å². The van der Waals surface area contributed by atoms with Gasteiger partial charge in [-0.1, -0.05) is 41.9 Å². The Balaban J connectivity index is 2.52. The fraction of sp³-hybridized carbons (Fsp3) is 0.231. The second-order valence-electron chi connectivity index (χ2n) is 3.61. The Kier molecular flexibility index (Phi) is 2.74. The number of halogens is 1. The standard InChI is InChI=1S/C13H13Cl/c1-10-9-12(14)7-4-6-11-5-2-3-8-13(10)11/h2-3,5,7-9H,4,6H2,1H3. The van der Waals surface area contributed by atoms with Crippen LogP contribution in [0.4, 0.5) is 0 Å². The Morgan fingerprint density at radius 2 is 2.00 bits per heavy atom. The molecule has 0 radical (unpaired) electrons. The number of allylic oxidation sites excluding steroid dienone is 4. The van der Waals surface area contributed by atoms with Crippen LogP contribution in [0, 0.1) is 0 Å². The Labute approximate surface area is 89.9 Å². The maximum Gasteiger partial charge on any atom is 0.0369 e. The minimum atomic E-state index is 0.858. The van der Waals surface area contributed by atoms with Crippen LogP contribution in [0.1, 0.15) is 24.5 Å². The average molecular weight is 205 g/mol. The van der Waals surface area contributed by atoms with Crippen molar-refractivity contribution in [3.05, 3.63) is 52.6 Å². The Bertz CT molecular complexity index is 399. The molecule has 0 saturated carbocycles. The van der Waals surface area contributed by atoms with Crippen LogP contribution in [-0.2, 0) is 6.42 Å². The molecule has 0 heterocycles. The largest absolute Gasteiger partial charge is 0.0847 e. The van der Waals surface area contributed by atoms with Crippen LogP contribution < -0.4 is 0 Å². The van der Waals surface area contributed by atoms with Crippen LogP contribution >= 0.6 is 11.6 Å². The predicted octanol–water partition coefficient (Wildman–Crippen LogP) is 4.16. The third kappa shape index (κ3) is 1.91. The van der Waals surface area contributed by atoms with Gasteiger partial charge in [-0.25, -0.2) is 0 Å². The Hall–Kier alpha value is -1.01. The van der Waals surface area contributed by atoms with Gasteiger partial charge in [0.25, 0.3) is 0 Å². The highest BCUT2D eigenvalue weighted by atomic mass is 35.5. The minimum Gasteiger partial charge on any atom is -0.0847 e. The number of fused-ring (bicyclic) bond motifs is 1. The minimum absolute atomic E-state index is 0.858. The van der Waals surface area contributed by atoms with Crippen LogP contribution in [-0.4, -0.2) is 0 Å². The Morgan fingerprint density at radius 3 is 2.86 bits per heavy atom. The fourth-order valence-electron chi connectivity index (χ4n) is 1.83. The lowest BCUT2D eigenvalue weighted by atomic mass is 9.95. The number of hydrogen-bond acceptors (Lipinski definition) is 0. The van der Waals surface area contributed by atoms with Gasteiger partial charge in [0.2, 0.25) is 0 Å². The molecule has 0 unspecified atom stereocenters. The maximum absolute atomic E-state index is 6.04. The summed E-state index contributed by atoms with van der Waals surface area (Å²) in [7, 11) is 0. The summed E-state index contributed by atoms with van der Waals surface area (Å²) in [6.45, 7) is 2.11. The van der Waals surface area contributed by atoms with E-state index in [0.29, 0.717) is 0 Å². The summed E-state index contributed by atoms with van der Waals surface area (Å²) in [6.07, 6.45) is 6.23. The molecule has 1 aliphatic rings. The zero-order valence-electron chi connectivity index (χ0n) is 8.26. The molecular weight excluding hydrogens is 192 g/mol. The van der Waals surface area contributed by atoms with E-state index in [0.717, 1.165) is 17.9 Å². The van der Waals surface area contributed by atoms with Crippen LogP contribution in [0.2, 0.25) is 0 Å². The number of rotatable bonds is 0. The second kappa shape index (κ2) is 4.02. The molecule has 0 fully saturated rings. The third-order valence-electron chi connectivity index (χ3n) is 2.55. The SMILES string of the molecule is CC1=CC(Cl)=CCCc2ccccc21. The lowest BCUT2D eigenvalue weighted by Crippen LogP contribution is -1.94. The van der Waals surface area contributed by atoms with Crippen molar-refractivity contribution < 1.29 is 0 Å². The van der Waals surface area contributed by atoms with Gasteiger partial charge < -0.3 is 0 Å². The first kappa shape index (κ1) is 9.54. The summed E-state index contributed by atoms with van der Waals surface area (Å²) in [5.41, 5.74) is 4.00. The van der Waals surface area contributed by atoms with Crippen LogP contribution in [0.3, 0.4) is 0 Å². The average Bonchev–Trinajstić information content (AvgIpc) is 2.16. The highest BCUT2D eigenvalue weighted by molar-refractivity contribution is 6.31. The normalized spacial score (nSPS) is 16.1. The highest BCUT2D eigenvalue weighted by Gasteiger charge is 2.05. The van der Waals surface area contributed by atoms with E-state index in [4.69, 9.17) is 11.6 Å². The molecule has 14 heavy (non-hydrogen) atoms. The molecule has 1 heteroatoms. The summed E-state index contributed by atoms with van der Waals surface area (Å²) in [5, 5.41) is 0.858. The van der Waals surface area contributed by atoms with Crippen molar-refractivity contribution in [2.45, 2.75) is 19.8 Å². The molecular formula is C13H13Cl. The smallest absolute Gasteiger partial charge is 0.0369 e. The van der Waals surface area contributed by atoms with Crippen molar-refractivity contribution in [1.29, 1.82) is 0 Å². The number of hydrogen-bond donors (Lipinski definition) is 0. The molecule has 0 nitrogen and oxygen atoms in total. The highest BCUT2D eigenvalue weighted by Crippen LogP contribution is 2.25. The fourth-order valence-corrected chi connectivity index (χ4v) is 2.10. The molecule has 2 rings (SSSR count). The van der Waals surface area contributed by atoms with Gasteiger partial charge in [-0.05, 0) is 42.5 Å². The summed E-state index contributed by atoms with van der Waals surface area (Å²) in [6, 6.07) is 8.53. The van der Waals surface area contributed by atoms with Crippen LogP contribution in [0.25, 0.3) is 5.57 Å². The molecule has 1 aliphatic carbocycles. The second-order valence-corrected chi connectivity index (χ2v) is 4.05. The van der Waals surface area contributed by atoms with E-state index in [1.54, 1.807) is 0 Å². The van der Waals surface area contributed by atoms with Gasteiger partial charge in [-0.15, -0.1) is 0 Å². The lowest BCUT2D eigenvalue weighted by molar-refractivity contribution is 0.990. The van der Waals surface area contributed by atoms with Gasteiger partial charge >= 0.3 is 0 Å². The topological polar surface area (TPSA) is 0 Å². The van der Waals surface area contributed by atoms with Crippen molar-refractivity contribution in [2.75, 3.05) is 0 Å². The molecule has 0 bridgehead atoms. The zero-order chi connectivity index (χ0) is 9.97. The molecule has 1 aromatic carbocycles. The number of benzene rings is 1. The van der Waals surface area contributed by atoms with E-state index in [-0.39, 0.29) is 0 Å². The molecule has 0 saturated heterocycles. The summed E-state index contributed by atoms with van der Waals surface area (Å²) >= 11 is 6.04. The lowest BCUT2D eigenvalue weighted by Gasteiger charge is -2.11. The van der Waals surface area contributed by atoms with Crippen molar-refractivity contribution in [2.24, 2.45) is 0 Å². The van der Waals surface area contributed by atoms with E-state index in [9.17, 15) is 0 Å². The molecule has 0 aliphatic heterocycles. The molecule has 0 amide bonds. The summed E-state index contributed by atoms with van der Waals surface area (Å²) in [4.78, 5) is 0. The van der Waals surface area contributed by atoms with Gasteiger partial charge in [0.15, 0.2) is 0 Å². The van der Waals surface area contributed by atoms with Crippen molar-refractivity contribution in [3.63, 3.8) is 0 Å². The van der Waals surface area contributed by atoms with Crippen LogP contribution in [0.5, 0.6) is 0 Å². The molecule has 1 aromatic rings. The van der Waals surface area contributed by atoms with Crippen molar-refractivity contribution in [3.8, 4) is 0 Å². The molecule has 0 N–H and O–H groups in total. The van der Waals surface area contributed by atoms with Gasteiger partial charge in [-0.2, -0.15) is 0 Å². The maximum atomic E-state index is 6.04. The first-order chi connectivity index (χ1) is 6.77. The Morgan fingerprint density at radius 1 is 1.21 bits per heavy atom. The molecule has 0 atom stereocenters. The van der Waals surface area contributed by atoms with Crippen LogP contribution in [0.15, 0.2) is 41.4 Å². The van der Waals surface area contributed by atoms with Gasteiger partial charge in [0, 0.05) is 5.03 Å². The predicted molar refractivity (Wildman–Crippen MR) is 62.4 cm³/mol. The van der Waals surface area contributed by atoms with Crippen molar-refractivity contribution >= 4 is 17.2 Å². The van der Waals surface area contributed by atoms with Crippen molar-refractivity contribution in [1.82, 2.24) is 0 Å². The first-order valence-corrected chi connectivity index (χ1v) is 5.27. The first-order valence-electron chi connectivity index (χ1n) is 4.89. The van der Waals surface area contributed by atoms with E-state index in [2.05, 4.69) is 37.3 Å². The third-order valence-corrected chi connectivity index (χ3v) is 2.81. The van der Waals surface area contributed by atoms with Gasteiger partial charge in [0.05, 0.1) is 0 Å². The van der Waals surface area contributed by atoms with Gasteiger partial charge in [-0.3, -0.25) is 0 Å². The van der Waals surface area contributed by atoms with E-state index < -0.39 is 0 Å². The molecule has 0 spiro atoms. The van der Waals surface area contributed by atoms with E-state index >= 15 is 0 Å². The summed E-state index contributed by atoms with van der Waals surface area (Å²) in [5.74, 6) is 0. The van der Waals surface area contributed by atoms with Gasteiger partial charge in [0.1, 0.15) is 0 Å². The number of aryl methyl sites for hydroxylation is 1. The molecule has 72 valence electrons. The monoisotopic (exact) mass is 204 g/mol. The quantitative estimate of drug-likeness (QED) is 0.596.